The number of fused-ring (bicyclic) bond motifs is 5. The smallest absolute Gasteiger partial charge is 0.254 e. The maximum absolute atomic E-state index is 13.6. The van der Waals surface area contributed by atoms with E-state index in [0.29, 0.717) is 39.0 Å². The summed E-state index contributed by atoms with van der Waals surface area (Å²) in [6.45, 7) is 6.54. The van der Waals surface area contributed by atoms with E-state index in [9.17, 15) is 13.2 Å². The predicted octanol–water partition coefficient (Wildman–Crippen LogP) is 3.38. The highest BCUT2D eigenvalue weighted by Crippen LogP contribution is 2.32. The van der Waals surface area contributed by atoms with Crippen molar-refractivity contribution in [3.63, 3.8) is 0 Å². The minimum Gasteiger partial charge on any atom is -0.493 e. The molecule has 2 bridgehead atoms. The van der Waals surface area contributed by atoms with Crippen LogP contribution < -0.4 is 9.46 Å². The first kappa shape index (κ1) is 24.7. The van der Waals surface area contributed by atoms with Crippen molar-refractivity contribution in [1.82, 2.24) is 9.62 Å². The van der Waals surface area contributed by atoms with Crippen molar-refractivity contribution in [1.29, 1.82) is 0 Å². The van der Waals surface area contributed by atoms with Crippen LogP contribution in [-0.4, -0.2) is 62.4 Å². The van der Waals surface area contributed by atoms with Gasteiger partial charge < -0.3 is 14.4 Å². The molecule has 2 aromatic carbocycles. The topological polar surface area (TPSA) is 84.9 Å². The van der Waals surface area contributed by atoms with Gasteiger partial charge in [-0.3, -0.25) is 4.79 Å². The quantitative estimate of drug-likeness (QED) is 0.719. The van der Waals surface area contributed by atoms with Gasteiger partial charge in [0.25, 0.3) is 5.91 Å². The van der Waals surface area contributed by atoms with E-state index in [4.69, 9.17) is 9.47 Å². The van der Waals surface area contributed by atoms with Crippen molar-refractivity contribution in [3.05, 3.63) is 54.1 Å². The van der Waals surface area contributed by atoms with E-state index >= 15 is 0 Å². The molecular weight excluding hydrogens is 452 g/mol. The van der Waals surface area contributed by atoms with Gasteiger partial charge in [0.05, 0.1) is 25.0 Å². The number of sulfonamides is 1. The Kier molecular flexibility index (Phi) is 7.31. The molecule has 1 fully saturated rings. The van der Waals surface area contributed by atoms with Crippen molar-refractivity contribution < 1.29 is 22.7 Å². The molecule has 1 N–H and O–H groups in total. The molecule has 7 nitrogen and oxygen atoms in total. The first-order valence-electron chi connectivity index (χ1n) is 12.0. The summed E-state index contributed by atoms with van der Waals surface area (Å²) in [7, 11) is -3.41. The molecule has 2 aliphatic rings. The molecule has 0 radical (unpaired) electrons. The second-order valence-corrected chi connectivity index (χ2v) is 11.5. The Hall–Kier alpha value is -2.42. The normalized spacial score (nSPS) is 23.3. The highest BCUT2D eigenvalue weighted by molar-refractivity contribution is 7.89. The Balaban J connectivity index is 1.74. The third kappa shape index (κ3) is 5.45. The molecule has 4 rings (SSSR count). The molecule has 2 aromatic rings. The number of hydrogen-bond donors (Lipinski definition) is 1. The van der Waals surface area contributed by atoms with Gasteiger partial charge in [0.2, 0.25) is 10.0 Å². The maximum atomic E-state index is 13.6. The maximum Gasteiger partial charge on any atom is 0.254 e. The Morgan fingerprint density at radius 2 is 1.91 bits per heavy atom. The van der Waals surface area contributed by atoms with Crippen LogP contribution in [0.1, 0.15) is 39.2 Å². The zero-order valence-electron chi connectivity index (χ0n) is 20.1. The van der Waals surface area contributed by atoms with Crippen LogP contribution in [0.2, 0.25) is 0 Å². The first-order valence-corrected chi connectivity index (χ1v) is 13.6. The van der Waals surface area contributed by atoms with Crippen molar-refractivity contribution in [2.45, 2.75) is 57.7 Å². The van der Waals surface area contributed by atoms with Crippen molar-refractivity contribution in [2.24, 2.45) is 0 Å². The van der Waals surface area contributed by atoms with Gasteiger partial charge in [-0.2, -0.15) is 0 Å². The zero-order valence-corrected chi connectivity index (χ0v) is 20.9. The van der Waals surface area contributed by atoms with Gasteiger partial charge >= 0.3 is 0 Å². The van der Waals surface area contributed by atoms with Gasteiger partial charge in [-0.25, -0.2) is 13.1 Å². The minimum absolute atomic E-state index is 0.00500. The fourth-order valence-corrected chi connectivity index (χ4v) is 5.63. The van der Waals surface area contributed by atoms with Gasteiger partial charge in [0.15, 0.2) is 0 Å². The van der Waals surface area contributed by atoms with Gasteiger partial charge in [-0.15, -0.1) is 0 Å². The molecule has 2 unspecified atom stereocenters. The Morgan fingerprint density at radius 1 is 1.12 bits per heavy atom. The average molecular weight is 487 g/mol. The van der Waals surface area contributed by atoms with Gasteiger partial charge in [-0.1, -0.05) is 42.5 Å². The lowest BCUT2D eigenvalue weighted by Crippen LogP contribution is -2.53. The molecular formula is C26H34N2O5S. The number of hydrogen-bond acceptors (Lipinski definition) is 5. The molecule has 0 spiro atoms. The summed E-state index contributed by atoms with van der Waals surface area (Å²) < 4.78 is 39.7. The van der Waals surface area contributed by atoms with Crippen molar-refractivity contribution in [3.8, 4) is 16.9 Å². The lowest BCUT2D eigenvalue weighted by molar-refractivity contribution is -0.155. The average Bonchev–Trinajstić information content (AvgIpc) is 3.19. The molecule has 2 heterocycles. The molecule has 0 aromatic heterocycles. The Labute approximate surface area is 202 Å². The molecule has 0 aliphatic carbocycles. The molecule has 0 saturated carbocycles. The number of amides is 1. The van der Waals surface area contributed by atoms with Crippen LogP contribution in [-0.2, 0) is 26.0 Å². The summed E-state index contributed by atoms with van der Waals surface area (Å²) >= 11 is 0. The predicted molar refractivity (Wildman–Crippen MR) is 132 cm³/mol. The summed E-state index contributed by atoms with van der Waals surface area (Å²) in [4.78, 5) is 15.4. The van der Waals surface area contributed by atoms with Gasteiger partial charge in [0.1, 0.15) is 11.4 Å². The second kappa shape index (κ2) is 10.1. The Morgan fingerprint density at radius 3 is 2.71 bits per heavy atom. The summed E-state index contributed by atoms with van der Waals surface area (Å²) in [5.41, 5.74) is 2.05. The van der Waals surface area contributed by atoms with Crippen LogP contribution in [0.5, 0.6) is 5.75 Å². The summed E-state index contributed by atoms with van der Waals surface area (Å²) in [6.07, 6.45) is 1.76. The van der Waals surface area contributed by atoms with Crippen LogP contribution in [0, 0.1) is 0 Å². The van der Waals surface area contributed by atoms with E-state index in [0.717, 1.165) is 22.4 Å². The van der Waals surface area contributed by atoms with Gasteiger partial charge in [0, 0.05) is 24.6 Å². The van der Waals surface area contributed by atoms with Crippen molar-refractivity contribution >= 4 is 15.9 Å². The van der Waals surface area contributed by atoms with Crippen LogP contribution in [0.15, 0.2) is 48.5 Å². The Bertz CT molecular complexity index is 1130. The minimum atomic E-state index is -3.41. The standard InChI is InChI=1S/C26H34N2O5S/c1-4-34(30,31)27-22-13-14-28-23(22)18-19-9-7-10-20(17-19)21-11-5-6-12-24(21)32-15-8-16-33-26(2,3)25(28)29/h5-7,9-12,17,22-23,27H,4,8,13-16,18H2,1-3H3. The van der Waals surface area contributed by atoms with E-state index in [1.165, 1.54) is 0 Å². The number of nitrogens with zero attached hydrogens (tertiary/aromatic N) is 1. The van der Waals surface area contributed by atoms with E-state index in [-0.39, 0.29) is 23.7 Å². The fourth-order valence-electron chi connectivity index (χ4n) is 4.72. The van der Waals surface area contributed by atoms with Crippen LogP contribution in [0.25, 0.3) is 11.1 Å². The number of benzene rings is 2. The monoisotopic (exact) mass is 486 g/mol. The van der Waals surface area contributed by atoms with Crippen LogP contribution >= 0.6 is 0 Å². The van der Waals surface area contributed by atoms with Crippen LogP contribution in [0.3, 0.4) is 0 Å². The first-order chi connectivity index (χ1) is 16.2. The summed E-state index contributed by atoms with van der Waals surface area (Å²) in [5.74, 6) is 0.692. The molecule has 1 saturated heterocycles. The second-order valence-electron chi connectivity index (χ2n) is 9.44. The van der Waals surface area contributed by atoms with Crippen molar-refractivity contribution in [2.75, 3.05) is 25.5 Å². The van der Waals surface area contributed by atoms with E-state index < -0.39 is 15.6 Å². The van der Waals surface area contributed by atoms with Gasteiger partial charge in [-0.05, 0) is 50.8 Å². The van der Waals surface area contributed by atoms with Crippen LogP contribution in [0.4, 0.5) is 0 Å². The molecule has 2 aliphatic heterocycles. The summed E-state index contributed by atoms with van der Waals surface area (Å²) in [6, 6.07) is 15.5. The number of carbonyl (C=O) groups excluding carboxylic acids is 1. The number of nitrogens with one attached hydrogen (secondary N) is 1. The highest BCUT2D eigenvalue weighted by Gasteiger charge is 2.43. The number of ether oxygens (including phenoxy) is 2. The third-order valence-corrected chi connectivity index (χ3v) is 8.03. The third-order valence-electron chi connectivity index (χ3n) is 6.61. The fraction of sp³-hybridized carbons (Fsp3) is 0.500. The molecule has 2 atom stereocenters. The highest BCUT2D eigenvalue weighted by atomic mass is 32.2. The zero-order chi connectivity index (χ0) is 24.3. The van der Waals surface area contributed by atoms with E-state index in [1.807, 2.05) is 42.5 Å². The lowest BCUT2D eigenvalue weighted by Gasteiger charge is -2.35. The largest absolute Gasteiger partial charge is 0.493 e. The molecule has 1 amide bonds. The summed E-state index contributed by atoms with van der Waals surface area (Å²) in [5, 5.41) is 0. The lowest BCUT2D eigenvalue weighted by atomic mass is 9.96. The molecule has 34 heavy (non-hydrogen) atoms. The SMILES string of the molecule is CCS(=O)(=O)NC1CCN2C(=O)C(C)(C)OCCCOc3ccccc3-c3cccc(c3)CC12. The molecule has 184 valence electrons. The van der Waals surface area contributed by atoms with E-state index in [2.05, 4.69) is 10.8 Å². The molecule has 8 heteroatoms. The number of para-hydroxylation sites is 1. The number of rotatable bonds is 3. The number of carbonyl (C=O) groups is 1. The van der Waals surface area contributed by atoms with E-state index in [1.54, 1.807) is 25.7 Å².